The molecule has 2 aromatic rings. The van der Waals surface area contributed by atoms with Gasteiger partial charge in [-0.2, -0.15) is 0 Å². The number of hydrogen-bond acceptors (Lipinski definition) is 3. The summed E-state index contributed by atoms with van der Waals surface area (Å²) in [6.07, 6.45) is 3.04. The van der Waals surface area contributed by atoms with Crippen LogP contribution in [0.25, 0.3) is 10.9 Å². The zero-order chi connectivity index (χ0) is 15.3. The van der Waals surface area contributed by atoms with Crippen molar-refractivity contribution in [1.29, 1.82) is 0 Å². The number of carbonyl (C=O) groups excluding carboxylic acids is 1. The van der Waals surface area contributed by atoms with E-state index in [2.05, 4.69) is 22.0 Å². The van der Waals surface area contributed by atoms with E-state index in [-0.39, 0.29) is 11.7 Å². The first-order chi connectivity index (χ1) is 10.7. The molecule has 0 saturated carbocycles. The molecule has 0 radical (unpaired) electrons. The molecule has 2 unspecified atom stereocenters. The number of ketones is 1. The number of allylic oxidation sites excluding steroid dienone is 1. The van der Waals surface area contributed by atoms with Crippen LogP contribution in [-0.4, -0.2) is 35.9 Å². The van der Waals surface area contributed by atoms with E-state index in [1.807, 2.05) is 19.1 Å². The summed E-state index contributed by atoms with van der Waals surface area (Å²) in [7, 11) is 1.66. The van der Waals surface area contributed by atoms with Gasteiger partial charge in [0.05, 0.1) is 12.8 Å². The lowest BCUT2D eigenvalue weighted by molar-refractivity contribution is 0.0875. The number of piperidine rings is 1. The summed E-state index contributed by atoms with van der Waals surface area (Å²) in [5, 5.41) is 1.14. The molecule has 0 aliphatic carbocycles. The molecule has 1 aromatic carbocycles. The number of methoxy groups -OCH3 is 1. The van der Waals surface area contributed by atoms with Crippen molar-refractivity contribution < 1.29 is 9.53 Å². The zero-order valence-electron chi connectivity index (χ0n) is 13.0. The number of hydrogen-bond donors (Lipinski definition) is 1. The van der Waals surface area contributed by atoms with Crippen molar-refractivity contribution in [3.63, 3.8) is 0 Å². The van der Waals surface area contributed by atoms with Gasteiger partial charge in [-0.25, -0.2) is 0 Å². The van der Waals surface area contributed by atoms with Gasteiger partial charge in [0, 0.05) is 41.5 Å². The van der Waals surface area contributed by atoms with E-state index in [9.17, 15) is 4.79 Å². The Balaban J connectivity index is 1.91. The van der Waals surface area contributed by atoms with Crippen molar-refractivity contribution >= 4 is 16.7 Å². The highest BCUT2D eigenvalue weighted by Crippen LogP contribution is 2.36. The summed E-state index contributed by atoms with van der Waals surface area (Å²) in [5.41, 5.74) is 4.18. The minimum absolute atomic E-state index is 0.0373. The number of benzene rings is 1. The van der Waals surface area contributed by atoms with Crippen LogP contribution in [0.3, 0.4) is 0 Å². The average molecular weight is 296 g/mol. The smallest absolute Gasteiger partial charge is 0.186 e. The molecular weight excluding hydrogens is 276 g/mol. The average Bonchev–Trinajstić information content (AvgIpc) is 2.89. The molecule has 5 rings (SSSR count). The van der Waals surface area contributed by atoms with E-state index >= 15 is 0 Å². The number of H-pyrrole nitrogens is 1. The van der Waals surface area contributed by atoms with Crippen LogP contribution in [0.1, 0.15) is 29.4 Å². The minimum Gasteiger partial charge on any atom is -0.497 e. The highest BCUT2D eigenvalue weighted by Gasteiger charge is 2.35. The molecule has 1 N–H and O–H groups in total. The number of ether oxygens (including phenoxy) is 1. The van der Waals surface area contributed by atoms with E-state index in [1.165, 1.54) is 5.57 Å². The Bertz CT molecular complexity index is 788. The topological polar surface area (TPSA) is 45.3 Å². The molecule has 4 heteroatoms. The fourth-order valence-electron chi connectivity index (χ4n) is 3.81. The summed E-state index contributed by atoms with van der Waals surface area (Å²) in [6, 6.07) is 6.00. The molecule has 2 bridgehead atoms. The number of aromatic nitrogens is 1. The second kappa shape index (κ2) is 4.99. The molecule has 2 atom stereocenters. The van der Waals surface area contributed by atoms with Crippen molar-refractivity contribution in [2.45, 2.75) is 19.9 Å². The number of fused-ring (bicyclic) bond motifs is 3. The predicted molar refractivity (Wildman–Crippen MR) is 86.3 cm³/mol. The Morgan fingerprint density at radius 3 is 3.00 bits per heavy atom. The molecule has 4 heterocycles. The fourth-order valence-corrected chi connectivity index (χ4v) is 3.81. The lowest BCUT2D eigenvalue weighted by atomic mass is 9.83. The second-order valence-corrected chi connectivity index (χ2v) is 6.17. The van der Waals surface area contributed by atoms with Crippen LogP contribution < -0.4 is 4.74 Å². The fraction of sp³-hybridized carbons (Fsp3) is 0.389. The van der Waals surface area contributed by atoms with Gasteiger partial charge in [-0.3, -0.25) is 9.69 Å². The third-order valence-electron chi connectivity index (χ3n) is 5.02. The Labute approximate surface area is 129 Å². The maximum Gasteiger partial charge on any atom is 0.186 e. The predicted octanol–water partition coefficient (Wildman–Crippen LogP) is 3.14. The third kappa shape index (κ3) is 1.91. The molecule has 22 heavy (non-hydrogen) atoms. The maximum absolute atomic E-state index is 13.0. The summed E-state index contributed by atoms with van der Waals surface area (Å²) in [6.45, 7) is 4.78. The van der Waals surface area contributed by atoms with E-state index in [0.717, 1.165) is 54.0 Å². The molecule has 3 aliphatic rings. The molecule has 1 saturated heterocycles. The Morgan fingerprint density at radius 1 is 1.36 bits per heavy atom. The number of carbonyl (C=O) groups is 1. The Morgan fingerprint density at radius 2 is 2.23 bits per heavy atom. The van der Waals surface area contributed by atoms with Gasteiger partial charge in [-0.1, -0.05) is 6.08 Å². The SMILES string of the molecule is C/C=C1/CN2CCC1C(=O)c1[nH]c3cc(OC)ccc3c1C2. The van der Waals surface area contributed by atoms with E-state index in [1.54, 1.807) is 7.11 Å². The van der Waals surface area contributed by atoms with Crippen LogP contribution in [-0.2, 0) is 6.54 Å². The number of nitrogens with zero attached hydrogens (tertiary/aromatic N) is 1. The van der Waals surface area contributed by atoms with Crippen molar-refractivity contribution in [3.05, 3.63) is 41.1 Å². The van der Waals surface area contributed by atoms with Crippen LogP contribution in [0.2, 0.25) is 0 Å². The largest absolute Gasteiger partial charge is 0.497 e. The van der Waals surface area contributed by atoms with Crippen LogP contribution in [0.5, 0.6) is 5.75 Å². The van der Waals surface area contributed by atoms with Gasteiger partial charge in [0.25, 0.3) is 0 Å². The lowest BCUT2D eigenvalue weighted by Crippen LogP contribution is -2.40. The molecule has 3 aliphatic heterocycles. The van der Waals surface area contributed by atoms with Crippen LogP contribution in [0.15, 0.2) is 29.8 Å². The summed E-state index contributed by atoms with van der Waals surface area (Å²) in [4.78, 5) is 18.8. The first-order valence-corrected chi connectivity index (χ1v) is 7.81. The van der Waals surface area contributed by atoms with Crippen LogP contribution >= 0.6 is 0 Å². The van der Waals surface area contributed by atoms with Gasteiger partial charge < -0.3 is 9.72 Å². The zero-order valence-corrected chi connectivity index (χ0v) is 13.0. The van der Waals surface area contributed by atoms with E-state index in [0.29, 0.717) is 0 Å². The summed E-state index contributed by atoms with van der Waals surface area (Å²) in [5.74, 6) is 1.10. The molecule has 1 aromatic heterocycles. The van der Waals surface area contributed by atoms with Gasteiger partial charge >= 0.3 is 0 Å². The summed E-state index contributed by atoms with van der Waals surface area (Å²) >= 11 is 0. The first kappa shape index (κ1) is 13.6. The maximum atomic E-state index is 13.0. The molecule has 0 amide bonds. The van der Waals surface area contributed by atoms with E-state index < -0.39 is 0 Å². The minimum atomic E-state index is 0.0373. The monoisotopic (exact) mass is 296 g/mol. The molecule has 114 valence electrons. The van der Waals surface area contributed by atoms with Gasteiger partial charge in [0.2, 0.25) is 0 Å². The molecule has 1 fully saturated rings. The Kier molecular flexibility index (Phi) is 3.08. The van der Waals surface area contributed by atoms with Crippen molar-refractivity contribution in [2.75, 3.05) is 20.2 Å². The number of aromatic amines is 1. The van der Waals surface area contributed by atoms with Gasteiger partial charge in [-0.05, 0) is 37.6 Å². The molecule has 4 nitrogen and oxygen atoms in total. The van der Waals surface area contributed by atoms with Gasteiger partial charge in [0.1, 0.15) is 5.75 Å². The normalized spacial score (nSPS) is 26.1. The quantitative estimate of drug-likeness (QED) is 0.822. The van der Waals surface area contributed by atoms with Crippen LogP contribution in [0.4, 0.5) is 0 Å². The van der Waals surface area contributed by atoms with Crippen LogP contribution in [0, 0.1) is 5.92 Å². The number of Topliss-reactive ketones (excluding diaryl/α,β-unsaturated/α-hetero) is 1. The van der Waals surface area contributed by atoms with Crippen molar-refractivity contribution in [2.24, 2.45) is 5.92 Å². The first-order valence-electron chi connectivity index (χ1n) is 7.81. The Hall–Kier alpha value is -2.07. The highest BCUT2D eigenvalue weighted by molar-refractivity contribution is 6.05. The number of rotatable bonds is 1. The molecule has 0 spiro atoms. The van der Waals surface area contributed by atoms with Crippen molar-refractivity contribution in [1.82, 2.24) is 9.88 Å². The number of nitrogens with one attached hydrogen (secondary N) is 1. The standard InChI is InChI=1S/C18H20N2O2/c1-3-11-9-20-7-6-13(11)18(21)17-15(10-20)14-5-4-12(22-2)8-16(14)19-17/h3-5,8,13,19H,6-7,9-10H2,1-2H3/b11-3-. The summed E-state index contributed by atoms with van der Waals surface area (Å²) < 4.78 is 5.30. The van der Waals surface area contributed by atoms with Gasteiger partial charge in [0.15, 0.2) is 5.78 Å². The van der Waals surface area contributed by atoms with Crippen molar-refractivity contribution in [3.8, 4) is 5.75 Å². The second-order valence-electron chi connectivity index (χ2n) is 6.17. The van der Waals surface area contributed by atoms with Gasteiger partial charge in [-0.15, -0.1) is 0 Å². The van der Waals surface area contributed by atoms with E-state index in [4.69, 9.17) is 4.74 Å². The lowest BCUT2D eigenvalue weighted by Gasteiger charge is -2.36. The third-order valence-corrected chi connectivity index (χ3v) is 5.02. The molecular formula is C18H20N2O2. The highest BCUT2D eigenvalue weighted by atomic mass is 16.5.